The molecular formula is C19H31N3O. The normalized spacial score (nSPS) is 21.8. The van der Waals surface area contributed by atoms with Crippen LogP contribution in [0.5, 0.6) is 0 Å². The summed E-state index contributed by atoms with van der Waals surface area (Å²) in [6.07, 6.45) is 0.893. The van der Waals surface area contributed by atoms with Crippen LogP contribution in [0.15, 0.2) is 24.3 Å². The van der Waals surface area contributed by atoms with Gasteiger partial charge in [0.2, 0.25) is 5.91 Å². The highest BCUT2D eigenvalue weighted by Gasteiger charge is 2.36. The number of benzene rings is 1. The quantitative estimate of drug-likeness (QED) is 0.811. The van der Waals surface area contributed by atoms with Gasteiger partial charge in [0.15, 0.2) is 0 Å². The molecule has 1 amide bonds. The molecule has 1 aliphatic heterocycles. The van der Waals surface area contributed by atoms with Crippen LogP contribution in [0.4, 0.5) is 0 Å². The van der Waals surface area contributed by atoms with Crippen LogP contribution in [-0.4, -0.2) is 42.5 Å². The van der Waals surface area contributed by atoms with Crippen molar-refractivity contribution in [2.45, 2.75) is 52.7 Å². The van der Waals surface area contributed by atoms with Gasteiger partial charge in [-0.1, -0.05) is 43.7 Å². The predicted molar refractivity (Wildman–Crippen MR) is 95.3 cm³/mol. The molecule has 128 valence electrons. The van der Waals surface area contributed by atoms with Crippen LogP contribution in [-0.2, 0) is 11.3 Å². The number of amides is 1. The van der Waals surface area contributed by atoms with Gasteiger partial charge in [0.25, 0.3) is 0 Å². The van der Waals surface area contributed by atoms with E-state index in [2.05, 4.69) is 60.6 Å². The van der Waals surface area contributed by atoms with Gasteiger partial charge >= 0.3 is 0 Å². The maximum atomic E-state index is 12.3. The molecular weight excluding hydrogens is 286 g/mol. The summed E-state index contributed by atoms with van der Waals surface area (Å²) in [5, 5.41) is 6.62. The molecule has 0 unspecified atom stereocenters. The Balaban J connectivity index is 1.94. The lowest BCUT2D eigenvalue weighted by atomic mass is 10.1. The van der Waals surface area contributed by atoms with Crippen LogP contribution in [0.25, 0.3) is 0 Å². The fourth-order valence-electron chi connectivity index (χ4n) is 3.37. The van der Waals surface area contributed by atoms with Gasteiger partial charge < -0.3 is 10.6 Å². The predicted octanol–water partition coefficient (Wildman–Crippen LogP) is 2.32. The zero-order valence-corrected chi connectivity index (χ0v) is 14.9. The lowest BCUT2D eigenvalue weighted by molar-refractivity contribution is -0.125. The lowest BCUT2D eigenvalue weighted by Crippen LogP contribution is -2.44. The highest BCUT2D eigenvalue weighted by atomic mass is 16.2. The molecule has 0 radical (unpaired) electrons. The first-order valence-electron chi connectivity index (χ1n) is 8.80. The van der Waals surface area contributed by atoms with E-state index < -0.39 is 0 Å². The third-order valence-corrected chi connectivity index (χ3v) is 4.33. The molecule has 2 N–H and O–H groups in total. The first kappa shape index (κ1) is 18.0. The van der Waals surface area contributed by atoms with Gasteiger partial charge in [-0.05, 0) is 31.7 Å². The first-order valence-corrected chi connectivity index (χ1v) is 8.80. The third kappa shape index (κ3) is 5.33. The Kier molecular flexibility index (Phi) is 6.60. The topological polar surface area (TPSA) is 44.4 Å². The van der Waals surface area contributed by atoms with E-state index in [0.29, 0.717) is 18.5 Å². The minimum absolute atomic E-state index is 0.00681. The number of aryl methyl sites for hydroxylation is 1. The summed E-state index contributed by atoms with van der Waals surface area (Å²) >= 11 is 0. The number of carbonyl (C=O) groups is 1. The number of nitrogens with one attached hydrogen (secondary N) is 2. The van der Waals surface area contributed by atoms with Crippen LogP contribution in [0.2, 0.25) is 0 Å². The summed E-state index contributed by atoms with van der Waals surface area (Å²) in [6.45, 7) is 12.0. The Morgan fingerprint density at radius 2 is 2.17 bits per heavy atom. The molecule has 0 spiro atoms. The number of nitrogens with zero attached hydrogens (tertiary/aromatic N) is 1. The smallest absolute Gasteiger partial charge is 0.237 e. The molecule has 1 aromatic carbocycles. The second-order valence-electron chi connectivity index (χ2n) is 7.06. The summed E-state index contributed by atoms with van der Waals surface area (Å²) in [6, 6.07) is 8.98. The van der Waals surface area contributed by atoms with E-state index in [1.54, 1.807) is 0 Å². The fraction of sp³-hybridized carbons (Fsp3) is 0.632. The minimum atomic E-state index is 0.00681. The summed E-state index contributed by atoms with van der Waals surface area (Å²) in [5.74, 6) is 0.746. The molecule has 1 aromatic rings. The number of rotatable bonds is 7. The van der Waals surface area contributed by atoms with E-state index in [1.165, 1.54) is 11.1 Å². The van der Waals surface area contributed by atoms with Crippen LogP contribution in [0, 0.1) is 12.8 Å². The number of hydrogen-bond donors (Lipinski definition) is 2. The molecule has 23 heavy (non-hydrogen) atoms. The highest BCUT2D eigenvalue weighted by Crippen LogP contribution is 2.20. The maximum Gasteiger partial charge on any atom is 0.237 e. The second kappa shape index (κ2) is 8.46. The molecule has 1 saturated heterocycles. The van der Waals surface area contributed by atoms with Crippen molar-refractivity contribution in [3.63, 3.8) is 0 Å². The fourth-order valence-corrected chi connectivity index (χ4v) is 3.37. The Bertz CT molecular complexity index is 515. The first-order chi connectivity index (χ1) is 11.0. The van der Waals surface area contributed by atoms with Gasteiger partial charge in [-0.25, -0.2) is 0 Å². The van der Waals surface area contributed by atoms with Crippen LogP contribution in [0.3, 0.4) is 0 Å². The van der Waals surface area contributed by atoms with E-state index in [1.807, 2.05) is 6.92 Å². The SMILES string of the molecule is CCNC(=O)[C@@H]1C[C@H](NCc2cccc(C)c2)CN1CC(C)C. The average Bonchev–Trinajstić information content (AvgIpc) is 2.88. The summed E-state index contributed by atoms with van der Waals surface area (Å²) in [5.41, 5.74) is 2.60. The molecule has 1 heterocycles. The molecule has 4 nitrogen and oxygen atoms in total. The number of carbonyl (C=O) groups excluding carboxylic acids is 1. The third-order valence-electron chi connectivity index (χ3n) is 4.33. The Hall–Kier alpha value is -1.39. The zero-order chi connectivity index (χ0) is 16.8. The molecule has 0 bridgehead atoms. The maximum absolute atomic E-state index is 12.3. The van der Waals surface area contributed by atoms with Gasteiger partial charge in [-0.2, -0.15) is 0 Å². The molecule has 0 aliphatic carbocycles. The summed E-state index contributed by atoms with van der Waals surface area (Å²) < 4.78 is 0. The van der Waals surface area contributed by atoms with E-state index >= 15 is 0 Å². The number of likely N-dealkylation sites (tertiary alicyclic amines) is 1. The van der Waals surface area contributed by atoms with Crippen molar-refractivity contribution < 1.29 is 4.79 Å². The second-order valence-corrected chi connectivity index (χ2v) is 7.06. The zero-order valence-electron chi connectivity index (χ0n) is 14.9. The van der Waals surface area contributed by atoms with Crippen molar-refractivity contribution >= 4 is 5.91 Å². The Labute approximate surface area is 140 Å². The van der Waals surface area contributed by atoms with Crippen molar-refractivity contribution in [3.05, 3.63) is 35.4 Å². The van der Waals surface area contributed by atoms with Crippen LogP contribution >= 0.6 is 0 Å². The highest BCUT2D eigenvalue weighted by molar-refractivity contribution is 5.82. The molecule has 1 aliphatic rings. The number of hydrogen-bond acceptors (Lipinski definition) is 3. The molecule has 1 fully saturated rings. The molecule has 2 rings (SSSR count). The molecule has 0 saturated carbocycles. The van der Waals surface area contributed by atoms with Gasteiger partial charge in [0.05, 0.1) is 6.04 Å². The summed E-state index contributed by atoms with van der Waals surface area (Å²) in [4.78, 5) is 14.7. The Morgan fingerprint density at radius 1 is 1.39 bits per heavy atom. The van der Waals surface area contributed by atoms with E-state index in [0.717, 1.165) is 26.1 Å². The molecule has 0 aromatic heterocycles. The van der Waals surface area contributed by atoms with E-state index in [9.17, 15) is 4.79 Å². The van der Waals surface area contributed by atoms with Crippen LogP contribution in [0.1, 0.15) is 38.3 Å². The van der Waals surface area contributed by atoms with Crippen molar-refractivity contribution in [1.82, 2.24) is 15.5 Å². The van der Waals surface area contributed by atoms with Gasteiger partial charge in [0.1, 0.15) is 0 Å². The summed E-state index contributed by atoms with van der Waals surface area (Å²) in [7, 11) is 0. The van der Waals surface area contributed by atoms with Gasteiger partial charge in [0, 0.05) is 32.2 Å². The van der Waals surface area contributed by atoms with E-state index in [-0.39, 0.29) is 11.9 Å². The van der Waals surface area contributed by atoms with Gasteiger partial charge in [-0.15, -0.1) is 0 Å². The average molecular weight is 317 g/mol. The standard InChI is InChI=1S/C19H31N3O/c1-5-20-19(23)18-10-17(13-22(18)12-14(2)3)21-11-16-8-6-7-15(4)9-16/h6-9,14,17-18,21H,5,10-13H2,1-4H3,(H,20,23)/t17-,18-/m0/s1. The van der Waals surface area contributed by atoms with Crippen molar-refractivity contribution in [2.75, 3.05) is 19.6 Å². The minimum Gasteiger partial charge on any atom is -0.355 e. The van der Waals surface area contributed by atoms with Crippen molar-refractivity contribution in [1.29, 1.82) is 0 Å². The lowest BCUT2D eigenvalue weighted by Gasteiger charge is -2.24. The van der Waals surface area contributed by atoms with Crippen molar-refractivity contribution in [3.8, 4) is 0 Å². The van der Waals surface area contributed by atoms with Gasteiger partial charge in [-0.3, -0.25) is 9.69 Å². The monoisotopic (exact) mass is 317 g/mol. The Morgan fingerprint density at radius 3 is 2.83 bits per heavy atom. The van der Waals surface area contributed by atoms with Crippen LogP contribution < -0.4 is 10.6 Å². The molecule has 2 atom stereocenters. The van der Waals surface area contributed by atoms with E-state index in [4.69, 9.17) is 0 Å². The number of likely N-dealkylation sites (N-methyl/N-ethyl adjacent to an activating group) is 1. The molecule has 4 heteroatoms. The van der Waals surface area contributed by atoms with Crippen molar-refractivity contribution in [2.24, 2.45) is 5.92 Å². The largest absolute Gasteiger partial charge is 0.355 e.